The van der Waals surface area contributed by atoms with Crippen molar-refractivity contribution in [2.45, 2.75) is 38.8 Å². The van der Waals surface area contributed by atoms with E-state index in [0.29, 0.717) is 19.4 Å². The molecule has 1 atom stereocenters. The summed E-state index contributed by atoms with van der Waals surface area (Å²) in [5, 5.41) is 2.88. The molecule has 1 heterocycles. The molecule has 0 fully saturated rings. The number of fused-ring (bicyclic) bond motifs is 1. The second-order valence-corrected chi connectivity index (χ2v) is 7.30. The molecule has 2 aromatic carbocycles. The molecule has 3 rings (SSSR count). The molecule has 0 radical (unpaired) electrons. The number of anilines is 1. The fraction of sp³-hybridized carbons (Fsp3) is 0.375. The number of pyridine rings is 1. The lowest BCUT2D eigenvalue weighted by atomic mass is 10.1. The number of nitrogens with zero attached hydrogens (tertiary/aromatic N) is 1. The summed E-state index contributed by atoms with van der Waals surface area (Å²) in [7, 11) is -1.81. The molecule has 6 nitrogen and oxygen atoms in total. The third-order valence-electron chi connectivity index (χ3n) is 4.85. The lowest BCUT2D eigenvalue weighted by Crippen LogP contribution is -2.17. The monoisotopic (exact) mass is 470 g/mol. The Morgan fingerprint density at radius 1 is 1.27 bits per heavy atom. The second kappa shape index (κ2) is 10.2. The Bertz CT molecular complexity index is 1370. The lowest BCUT2D eigenvalue weighted by Gasteiger charge is -2.21. The number of methoxy groups -OCH3 is 2. The molecule has 1 aromatic heterocycles. The number of ether oxygens (including phenoxy) is 3. The number of alkyl halides is 3. The number of hydrogen-bond donors (Lipinski definition) is 2. The summed E-state index contributed by atoms with van der Waals surface area (Å²) in [5.41, 5.74) is 3.94. The van der Waals surface area contributed by atoms with Gasteiger partial charge in [0.25, 0.3) is 0 Å². The number of halogens is 3. The largest absolute Gasteiger partial charge is 0.493 e. The van der Waals surface area contributed by atoms with Crippen LogP contribution < -0.4 is 25.3 Å². The number of rotatable bonds is 9. The first-order valence-corrected chi connectivity index (χ1v) is 10.0. The molecule has 9 heteroatoms. The van der Waals surface area contributed by atoms with Gasteiger partial charge in [-0.05, 0) is 56.9 Å². The first kappa shape index (κ1) is 16.4. The Morgan fingerprint density at radius 3 is 2.76 bits per heavy atom. The van der Waals surface area contributed by atoms with Crippen molar-refractivity contribution < 1.29 is 37.0 Å². The van der Waals surface area contributed by atoms with Crippen LogP contribution in [0.15, 0.2) is 36.4 Å². The van der Waals surface area contributed by atoms with Crippen LogP contribution in [0.25, 0.3) is 10.9 Å². The first-order valence-electron chi connectivity index (χ1n) is 13.5. The Balaban J connectivity index is 2.41. The van der Waals surface area contributed by atoms with Gasteiger partial charge in [-0.2, -0.15) is 13.2 Å². The highest BCUT2D eigenvalue weighted by atomic mass is 19.4. The zero-order valence-electron chi connectivity index (χ0n) is 25.0. The van der Waals surface area contributed by atoms with Crippen molar-refractivity contribution in [3.63, 3.8) is 0 Å². The molecule has 0 aliphatic rings. The van der Waals surface area contributed by atoms with E-state index in [9.17, 15) is 13.2 Å². The maximum atomic E-state index is 13.4. The number of nitrogens with one attached hydrogen (secondary N) is 1. The maximum absolute atomic E-state index is 13.4. The Morgan fingerprint density at radius 2 is 2.09 bits per heavy atom. The van der Waals surface area contributed by atoms with E-state index < -0.39 is 43.1 Å². The zero-order valence-corrected chi connectivity index (χ0v) is 18.0. The summed E-state index contributed by atoms with van der Waals surface area (Å²) >= 11 is 0. The van der Waals surface area contributed by atoms with Gasteiger partial charge in [0.05, 0.1) is 36.3 Å². The molecule has 0 aliphatic carbocycles. The highest BCUT2D eigenvalue weighted by molar-refractivity contribution is 6.00. The summed E-state index contributed by atoms with van der Waals surface area (Å²) in [6.45, 7) is -0.795. The summed E-state index contributed by atoms with van der Waals surface area (Å²) in [6.07, 6.45) is -3.43. The van der Waals surface area contributed by atoms with Crippen molar-refractivity contribution in [3.05, 3.63) is 47.5 Å². The lowest BCUT2D eigenvalue weighted by molar-refractivity contribution is -0.137. The number of nitrogens with two attached hydrogens (primary N) is 1. The van der Waals surface area contributed by atoms with Gasteiger partial charge in [0, 0.05) is 22.3 Å². The minimum Gasteiger partial charge on any atom is -0.493 e. The Kier molecular flexibility index (Phi) is 5.06. The van der Waals surface area contributed by atoms with Gasteiger partial charge in [0.2, 0.25) is 5.88 Å². The van der Waals surface area contributed by atoms with Gasteiger partial charge < -0.3 is 25.3 Å². The Hall–Kier alpha value is -3.20. The third kappa shape index (κ3) is 5.60. The Labute approximate surface area is 200 Å². The van der Waals surface area contributed by atoms with Crippen molar-refractivity contribution in [1.29, 1.82) is 0 Å². The summed E-state index contributed by atoms with van der Waals surface area (Å²) in [5.74, 6) is -1.47. The highest BCUT2D eigenvalue weighted by Crippen LogP contribution is 2.45. The second-order valence-electron chi connectivity index (χ2n) is 7.30. The van der Waals surface area contributed by atoms with E-state index in [-0.39, 0.29) is 39.9 Å². The van der Waals surface area contributed by atoms with Gasteiger partial charge in [-0.1, -0.05) is 6.07 Å². The van der Waals surface area contributed by atoms with Crippen LogP contribution in [0.5, 0.6) is 23.1 Å². The minimum absolute atomic E-state index is 0.0744. The summed E-state index contributed by atoms with van der Waals surface area (Å²) in [4.78, 5) is 4.18. The van der Waals surface area contributed by atoms with Crippen LogP contribution in [0, 0.1) is 6.85 Å². The van der Waals surface area contributed by atoms with Crippen LogP contribution in [0.1, 0.15) is 40.5 Å². The topological polar surface area (TPSA) is 78.6 Å². The molecule has 0 bridgehead atoms. The zero-order chi connectivity index (χ0) is 30.0. The summed E-state index contributed by atoms with van der Waals surface area (Å²) in [6, 6.07) is 4.22. The molecule has 0 aliphatic heterocycles. The molecule has 3 aromatic rings. The van der Waals surface area contributed by atoms with Crippen molar-refractivity contribution in [2.24, 2.45) is 5.73 Å². The quantitative estimate of drug-likeness (QED) is 0.405. The predicted octanol–water partition coefficient (Wildman–Crippen LogP) is 5.91. The standard InChI is InChI=1S/C24H28F3N3O3/c1-14-11-20(32-4)30-22-18(29-15(2)7-6-10-28)13-19(31-3)23(21(14)22)33-17-9-5-8-16(12-17)24(25,26)27/h5,8-9,11-13,15,29H,6-7,10,28H2,1-4H3/i1D3,4D3,11D. The molecule has 0 amide bonds. The number of aromatic nitrogens is 1. The number of hydrogen-bond acceptors (Lipinski definition) is 6. The van der Waals surface area contributed by atoms with E-state index in [4.69, 9.17) is 29.5 Å². The third-order valence-corrected chi connectivity index (χ3v) is 4.85. The van der Waals surface area contributed by atoms with Gasteiger partial charge in [0.1, 0.15) is 11.3 Å². The molecular formula is C24H28F3N3O3. The van der Waals surface area contributed by atoms with Gasteiger partial charge in [-0.15, -0.1) is 0 Å². The molecule has 33 heavy (non-hydrogen) atoms. The SMILES string of the molecule is [2H]c1c(OC([2H])([2H])[2H])nc2c(NC(C)CCCN)cc(OC)c(Oc3cccc(C(F)(F)F)c3)c2c1C([2H])([2H])[2H]. The van der Waals surface area contributed by atoms with Crippen molar-refractivity contribution in [1.82, 2.24) is 4.98 Å². The number of aryl methyl sites for hydroxylation is 1. The molecular weight excluding hydrogens is 435 g/mol. The van der Waals surface area contributed by atoms with E-state index in [1.807, 2.05) is 6.92 Å². The van der Waals surface area contributed by atoms with Crippen LogP contribution in [0.2, 0.25) is 0 Å². The van der Waals surface area contributed by atoms with Crippen LogP contribution in [0.3, 0.4) is 0 Å². The minimum atomic E-state index is -4.68. The molecule has 1 unspecified atom stereocenters. The number of benzene rings is 2. The predicted molar refractivity (Wildman–Crippen MR) is 122 cm³/mol. The molecule has 0 saturated heterocycles. The van der Waals surface area contributed by atoms with Crippen LogP contribution >= 0.6 is 0 Å². The van der Waals surface area contributed by atoms with Crippen LogP contribution in [-0.2, 0) is 6.18 Å². The van der Waals surface area contributed by atoms with Crippen molar-refractivity contribution in [3.8, 4) is 23.1 Å². The van der Waals surface area contributed by atoms with E-state index in [2.05, 4.69) is 10.3 Å². The van der Waals surface area contributed by atoms with E-state index in [1.54, 1.807) is 0 Å². The normalized spacial score (nSPS) is 16.4. The van der Waals surface area contributed by atoms with Gasteiger partial charge in [0.15, 0.2) is 11.5 Å². The smallest absolute Gasteiger partial charge is 0.416 e. The maximum Gasteiger partial charge on any atom is 0.416 e. The van der Waals surface area contributed by atoms with Gasteiger partial charge in [-0.25, -0.2) is 4.98 Å². The van der Waals surface area contributed by atoms with Crippen LogP contribution in [-0.4, -0.2) is 31.7 Å². The molecule has 0 saturated carbocycles. The van der Waals surface area contributed by atoms with E-state index in [1.165, 1.54) is 19.2 Å². The van der Waals surface area contributed by atoms with Crippen molar-refractivity contribution >= 4 is 16.6 Å². The summed E-state index contributed by atoms with van der Waals surface area (Å²) < 4.78 is 112. The van der Waals surface area contributed by atoms with Crippen molar-refractivity contribution in [2.75, 3.05) is 26.0 Å². The molecule has 0 spiro atoms. The van der Waals surface area contributed by atoms with Gasteiger partial charge in [-0.3, -0.25) is 0 Å². The van der Waals surface area contributed by atoms with E-state index in [0.717, 1.165) is 18.2 Å². The average molecular weight is 471 g/mol. The first-order chi connectivity index (χ1) is 18.5. The fourth-order valence-corrected chi connectivity index (χ4v) is 3.30. The fourth-order valence-electron chi connectivity index (χ4n) is 3.30. The van der Waals surface area contributed by atoms with E-state index >= 15 is 0 Å². The van der Waals surface area contributed by atoms with Crippen LogP contribution in [0.4, 0.5) is 18.9 Å². The average Bonchev–Trinajstić information content (AvgIpc) is 2.82. The van der Waals surface area contributed by atoms with Gasteiger partial charge >= 0.3 is 6.18 Å². The molecule has 3 N–H and O–H groups in total. The molecule has 178 valence electrons. The highest BCUT2D eigenvalue weighted by Gasteiger charge is 2.31.